The molecule has 0 unspecified atom stereocenters. The molecule has 1 aromatic rings. The molecule has 0 aliphatic carbocycles. The molecular formula is C11H18N2O. The van der Waals surface area contributed by atoms with Crippen LogP contribution in [0.4, 0.5) is 0 Å². The first-order chi connectivity index (χ1) is 6.84. The molecule has 0 aliphatic heterocycles. The normalized spacial score (nSPS) is 10.1. The van der Waals surface area contributed by atoms with E-state index in [0.29, 0.717) is 6.61 Å². The zero-order chi connectivity index (χ0) is 10.2. The van der Waals surface area contributed by atoms with Gasteiger partial charge in [0.05, 0.1) is 5.69 Å². The lowest BCUT2D eigenvalue weighted by atomic mass is 10.3. The molecule has 0 saturated carbocycles. The Bertz CT molecular complexity index is 263. The number of rotatable bonds is 6. The third kappa shape index (κ3) is 3.75. The summed E-state index contributed by atoms with van der Waals surface area (Å²) in [7, 11) is 0. The highest BCUT2D eigenvalue weighted by Crippen LogP contribution is 2.12. The maximum absolute atomic E-state index is 5.56. The molecule has 0 spiro atoms. The van der Waals surface area contributed by atoms with Crippen LogP contribution in [0.5, 0.6) is 5.75 Å². The van der Waals surface area contributed by atoms with Crippen LogP contribution in [-0.2, 0) is 0 Å². The molecule has 0 aliphatic rings. The second kappa shape index (κ2) is 6.38. The molecule has 0 saturated heterocycles. The van der Waals surface area contributed by atoms with Crippen molar-refractivity contribution in [2.75, 3.05) is 19.7 Å². The molecule has 14 heavy (non-hydrogen) atoms. The first-order valence-corrected chi connectivity index (χ1v) is 5.09. The van der Waals surface area contributed by atoms with E-state index in [9.17, 15) is 0 Å². The van der Waals surface area contributed by atoms with Gasteiger partial charge in [0.2, 0.25) is 0 Å². The van der Waals surface area contributed by atoms with Gasteiger partial charge in [0.25, 0.3) is 0 Å². The Labute approximate surface area is 85.5 Å². The average Bonchev–Trinajstić information content (AvgIpc) is 2.20. The van der Waals surface area contributed by atoms with Crippen LogP contribution in [0.25, 0.3) is 0 Å². The predicted molar refractivity (Wildman–Crippen MR) is 57.6 cm³/mol. The Morgan fingerprint density at radius 2 is 2.29 bits per heavy atom. The van der Waals surface area contributed by atoms with Gasteiger partial charge in [-0.25, -0.2) is 0 Å². The lowest BCUT2D eigenvalue weighted by molar-refractivity contribution is 0.311. The second-order valence-electron chi connectivity index (χ2n) is 3.19. The molecule has 0 radical (unpaired) electrons. The highest BCUT2D eigenvalue weighted by Gasteiger charge is 1.97. The van der Waals surface area contributed by atoms with Gasteiger partial charge in [0, 0.05) is 12.7 Å². The predicted octanol–water partition coefficient (Wildman–Crippen LogP) is 1.77. The summed E-state index contributed by atoms with van der Waals surface area (Å²) in [4.78, 5) is 4.15. The number of nitrogens with one attached hydrogen (secondary N) is 1. The lowest BCUT2D eigenvalue weighted by Gasteiger charge is -2.08. The van der Waals surface area contributed by atoms with Crippen LogP contribution < -0.4 is 10.1 Å². The first kappa shape index (κ1) is 11.0. The van der Waals surface area contributed by atoms with Gasteiger partial charge in [0.15, 0.2) is 0 Å². The average molecular weight is 194 g/mol. The Morgan fingerprint density at radius 3 is 3.00 bits per heavy atom. The standard InChI is InChI=1S/C11H18N2O/c1-3-6-12-8-9-14-11-5-4-7-13-10(11)2/h4-5,7,12H,3,6,8-9H2,1-2H3. The minimum absolute atomic E-state index is 0.701. The summed E-state index contributed by atoms with van der Waals surface area (Å²) in [5.74, 6) is 0.880. The Kier molecular flexibility index (Phi) is 5.00. The fourth-order valence-corrected chi connectivity index (χ4v) is 1.16. The number of aryl methyl sites for hydroxylation is 1. The van der Waals surface area contributed by atoms with Crippen molar-refractivity contribution in [3.63, 3.8) is 0 Å². The topological polar surface area (TPSA) is 34.1 Å². The van der Waals surface area contributed by atoms with Crippen LogP contribution in [0.15, 0.2) is 18.3 Å². The molecule has 3 heteroatoms. The van der Waals surface area contributed by atoms with Crippen molar-refractivity contribution < 1.29 is 4.74 Å². The molecule has 0 aromatic carbocycles. The van der Waals surface area contributed by atoms with Crippen molar-refractivity contribution in [1.82, 2.24) is 10.3 Å². The van der Waals surface area contributed by atoms with Crippen LogP contribution in [-0.4, -0.2) is 24.7 Å². The highest BCUT2D eigenvalue weighted by molar-refractivity contribution is 5.25. The molecule has 0 fully saturated rings. The number of hydrogen-bond donors (Lipinski definition) is 1. The van der Waals surface area contributed by atoms with Crippen molar-refractivity contribution in [3.8, 4) is 5.75 Å². The molecule has 1 aromatic heterocycles. The zero-order valence-electron chi connectivity index (χ0n) is 8.92. The van der Waals surface area contributed by atoms with Crippen molar-refractivity contribution in [3.05, 3.63) is 24.0 Å². The lowest BCUT2D eigenvalue weighted by Crippen LogP contribution is -2.21. The van der Waals surface area contributed by atoms with Gasteiger partial charge >= 0.3 is 0 Å². The molecule has 0 atom stereocenters. The van der Waals surface area contributed by atoms with Crippen LogP contribution in [0, 0.1) is 6.92 Å². The van der Waals surface area contributed by atoms with E-state index in [2.05, 4.69) is 17.2 Å². The first-order valence-electron chi connectivity index (χ1n) is 5.09. The minimum atomic E-state index is 0.701. The Morgan fingerprint density at radius 1 is 1.43 bits per heavy atom. The molecule has 1 rings (SSSR count). The van der Waals surface area contributed by atoms with Gasteiger partial charge in [-0.2, -0.15) is 0 Å². The smallest absolute Gasteiger partial charge is 0.140 e. The maximum Gasteiger partial charge on any atom is 0.140 e. The number of hydrogen-bond acceptors (Lipinski definition) is 3. The van der Waals surface area contributed by atoms with Crippen molar-refractivity contribution >= 4 is 0 Å². The molecular weight excluding hydrogens is 176 g/mol. The summed E-state index contributed by atoms with van der Waals surface area (Å²) in [5.41, 5.74) is 0.947. The van der Waals surface area contributed by atoms with E-state index >= 15 is 0 Å². The van der Waals surface area contributed by atoms with Gasteiger partial charge in [-0.3, -0.25) is 4.98 Å². The highest BCUT2D eigenvalue weighted by atomic mass is 16.5. The summed E-state index contributed by atoms with van der Waals surface area (Å²) < 4.78 is 5.56. The molecule has 1 N–H and O–H groups in total. The number of ether oxygens (including phenoxy) is 1. The quantitative estimate of drug-likeness (QED) is 0.701. The van der Waals surface area contributed by atoms with E-state index in [4.69, 9.17) is 4.74 Å². The van der Waals surface area contributed by atoms with E-state index < -0.39 is 0 Å². The fourth-order valence-electron chi connectivity index (χ4n) is 1.16. The largest absolute Gasteiger partial charge is 0.490 e. The third-order valence-corrected chi connectivity index (χ3v) is 1.92. The van der Waals surface area contributed by atoms with Gasteiger partial charge in [0.1, 0.15) is 12.4 Å². The van der Waals surface area contributed by atoms with E-state index in [-0.39, 0.29) is 0 Å². The van der Waals surface area contributed by atoms with Gasteiger partial charge in [-0.05, 0) is 32.0 Å². The summed E-state index contributed by atoms with van der Waals surface area (Å²) in [6, 6.07) is 3.84. The van der Waals surface area contributed by atoms with E-state index in [1.54, 1.807) is 6.20 Å². The monoisotopic (exact) mass is 194 g/mol. The van der Waals surface area contributed by atoms with Crippen molar-refractivity contribution in [2.45, 2.75) is 20.3 Å². The summed E-state index contributed by atoms with van der Waals surface area (Å²) in [6.45, 7) is 6.75. The van der Waals surface area contributed by atoms with Crippen LogP contribution in [0.2, 0.25) is 0 Å². The minimum Gasteiger partial charge on any atom is -0.490 e. The Balaban J connectivity index is 2.21. The van der Waals surface area contributed by atoms with Gasteiger partial charge < -0.3 is 10.1 Å². The van der Waals surface area contributed by atoms with Crippen LogP contribution >= 0.6 is 0 Å². The molecule has 3 nitrogen and oxygen atoms in total. The van der Waals surface area contributed by atoms with Crippen molar-refractivity contribution in [2.24, 2.45) is 0 Å². The summed E-state index contributed by atoms with van der Waals surface area (Å²) >= 11 is 0. The summed E-state index contributed by atoms with van der Waals surface area (Å²) in [5, 5.41) is 3.28. The van der Waals surface area contributed by atoms with Crippen LogP contribution in [0.3, 0.4) is 0 Å². The van der Waals surface area contributed by atoms with Crippen LogP contribution in [0.1, 0.15) is 19.0 Å². The number of nitrogens with zero attached hydrogens (tertiary/aromatic N) is 1. The Hall–Kier alpha value is -1.09. The van der Waals surface area contributed by atoms with Gasteiger partial charge in [-0.1, -0.05) is 6.92 Å². The number of pyridine rings is 1. The SMILES string of the molecule is CCCNCCOc1cccnc1C. The molecule has 1 heterocycles. The molecule has 78 valence electrons. The summed E-state index contributed by atoms with van der Waals surface area (Å²) in [6.07, 6.45) is 2.93. The van der Waals surface area contributed by atoms with E-state index in [1.807, 2.05) is 19.1 Å². The van der Waals surface area contributed by atoms with E-state index in [0.717, 1.165) is 31.0 Å². The molecule has 0 amide bonds. The third-order valence-electron chi connectivity index (χ3n) is 1.92. The molecule has 0 bridgehead atoms. The van der Waals surface area contributed by atoms with Gasteiger partial charge in [-0.15, -0.1) is 0 Å². The second-order valence-corrected chi connectivity index (χ2v) is 3.19. The maximum atomic E-state index is 5.56. The van der Waals surface area contributed by atoms with Crippen molar-refractivity contribution in [1.29, 1.82) is 0 Å². The fraction of sp³-hybridized carbons (Fsp3) is 0.545. The zero-order valence-corrected chi connectivity index (χ0v) is 8.92. The number of aromatic nitrogens is 1. The van der Waals surface area contributed by atoms with E-state index in [1.165, 1.54) is 0 Å².